The molecule has 0 aliphatic heterocycles. The number of anilines is 1. The topological polar surface area (TPSA) is 103 Å². The zero-order valence-corrected chi connectivity index (χ0v) is 19.1. The van der Waals surface area contributed by atoms with Crippen LogP contribution in [0.3, 0.4) is 0 Å². The molecule has 0 aliphatic carbocycles. The van der Waals surface area contributed by atoms with E-state index in [4.69, 9.17) is 9.15 Å². The van der Waals surface area contributed by atoms with Gasteiger partial charge in [-0.2, -0.15) is 0 Å². The number of Topliss-reactive ketones (excluding diaryl/α,β-unsaturated/α-hetero) is 1. The number of ether oxygens (including phenoxy) is 1. The van der Waals surface area contributed by atoms with Crippen LogP contribution in [-0.2, 0) is 4.74 Å². The molecule has 0 spiro atoms. The van der Waals surface area contributed by atoms with Crippen LogP contribution in [0, 0.1) is 20.8 Å². The first-order valence-electron chi connectivity index (χ1n) is 9.59. The molecule has 10 heteroatoms. The first-order chi connectivity index (χ1) is 15.3. The Kier molecular flexibility index (Phi) is 6.06. The number of thiazole rings is 1. The van der Waals surface area contributed by atoms with Crippen LogP contribution in [0.4, 0.5) is 5.00 Å². The molecule has 4 rings (SSSR count). The molecule has 164 valence electrons. The zero-order valence-electron chi connectivity index (χ0n) is 17.5. The number of nitrogens with zero attached hydrogens (tertiary/aromatic N) is 2. The minimum atomic E-state index is -0.618. The number of nitrogens with one attached hydrogen (secondary N) is 1. The van der Waals surface area contributed by atoms with Gasteiger partial charge in [-0.25, -0.2) is 9.78 Å². The van der Waals surface area contributed by atoms with E-state index in [2.05, 4.69) is 10.3 Å². The van der Waals surface area contributed by atoms with E-state index in [0.717, 1.165) is 27.9 Å². The Bertz CT molecular complexity index is 1280. The highest BCUT2D eigenvalue weighted by Gasteiger charge is 2.22. The second kappa shape index (κ2) is 8.93. The first-order valence-corrected chi connectivity index (χ1v) is 11.3. The fourth-order valence-electron chi connectivity index (χ4n) is 3.27. The summed E-state index contributed by atoms with van der Waals surface area (Å²) in [5.41, 5.74) is 2.75. The normalized spacial score (nSPS) is 10.8. The minimum Gasteiger partial charge on any atom is -0.459 e. The third-order valence-electron chi connectivity index (χ3n) is 4.76. The fraction of sp³-hybridized carbons (Fsp3) is 0.182. The van der Waals surface area contributed by atoms with Crippen molar-refractivity contribution in [1.82, 2.24) is 9.55 Å². The van der Waals surface area contributed by atoms with Gasteiger partial charge < -0.3 is 14.5 Å². The van der Waals surface area contributed by atoms with Gasteiger partial charge in [0, 0.05) is 28.5 Å². The van der Waals surface area contributed by atoms with Crippen molar-refractivity contribution >= 4 is 45.3 Å². The number of hydrogen-bond donors (Lipinski definition) is 1. The summed E-state index contributed by atoms with van der Waals surface area (Å²) in [5, 5.41) is 5.80. The number of aryl methyl sites for hydroxylation is 2. The van der Waals surface area contributed by atoms with Crippen molar-refractivity contribution < 1.29 is 23.5 Å². The number of ketones is 1. The maximum Gasteiger partial charge on any atom is 0.349 e. The minimum absolute atomic E-state index is 0.168. The van der Waals surface area contributed by atoms with Crippen molar-refractivity contribution in [3.63, 3.8) is 0 Å². The van der Waals surface area contributed by atoms with Crippen LogP contribution in [-0.4, -0.2) is 33.8 Å². The van der Waals surface area contributed by atoms with Gasteiger partial charge in [-0.3, -0.25) is 14.2 Å². The number of carbonyl (C=O) groups excluding carboxylic acids is 3. The molecule has 0 saturated carbocycles. The number of carbonyl (C=O) groups is 3. The predicted molar refractivity (Wildman–Crippen MR) is 121 cm³/mol. The van der Waals surface area contributed by atoms with Gasteiger partial charge in [0.05, 0.1) is 11.3 Å². The van der Waals surface area contributed by atoms with Crippen molar-refractivity contribution in [2.24, 2.45) is 0 Å². The second-order valence-electron chi connectivity index (χ2n) is 6.99. The second-order valence-corrected chi connectivity index (χ2v) is 8.91. The van der Waals surface area contributed by atoms with Gasteiger partial charge in [-0.15, -0.1) is 22.7 Å². The molecular formula is C22H19N3O5S2. The van der Waals surface area contributed by atoms with Crippen molar-refractivity contribution in [2.75, 3.05) is 11.9 Å². The summed E-state index contributed by atoms with van der Waals surface area (Å²) in [6.07, 6.45) is 3.11. The summed E-state index contributed by atoms with van der Waals surface area (Å²) in [6, 6.07) is 6.60. The lowest BCUT2D eigenvalue weighted by molar-refractivity contribution is 0.0478. The highest BCUT2D eigenvalue weighted by molar-refractivity contribution is 7.18. The van der Waals surface area contributed by atoms with Crippen LogP contribution in [0.5, 0.6) is 0 Å². The molecule has 0 fully saturated rings. The van der Waals surface area contributed by atoms with Crippen LogP contribution in [0.1, 0.15) is 47.5 Å². The number of aromatic nitrogens is 2. The molecule has 0 atom stereocenters. The van der Waals surface area contributed by atoms with E-state index in [1.807, 2.05) is 23.8 Å². The summed E-state index contributed by atoms with van der Waals surface area (Å²) in [4.78, 5) is 42.0. The number of esters is 1. The van der Waals surface area contributed by atoms with E-state index in [0.29, 0.717) is 21.0 Å². The highest BCUT2D eigenvalue weighted by Crippen LogP contribution is 2.28. The van der Waals surface area contributed by atoms with Gasteiger partial charge in [0.25, 0.3) is 5.91 Å². The van der Waals surface area contributed by atoms with Crippen LogP contribution >= 0.6 is 22.7 Å². The van der Waals surface area contributed by atoms with Gasteiger partial charge in [0.2, 0.25) is 5.78 Å². The van der Waals surface area contributed by atoms with E-state index >= 15 is 0 Å². The molecule has 0 radical (unpaired) electrons. The summed E-state index contributed by atoms with van der Waals surface area (Å²) in [6.45, 7) is 5.08. The van der Waals surface area contributed by atoms with Gasteiger partial charge in [-0.05, 0) is 50.6 Å². The quantitative estimate of drug-likeness (QED) is 0.308. The van der Waals surface area contributed by atoms with Crippen molar-refractivity contribution in [1.29, 1.82) is 0 Å². The molecule has 0 saturated heterocycles. The number of amides is 1. The summed E-state index contributed by atoms with van der Waals surface area (Å²) in [5.74, 6) is -1.16. The predicted octanol–water partition coefficient (Wildman–Crippen LogP) is 4.81. The Hall–Kier alpha value is -3.50. The lowest BCUT2D eigenvalue weighted by Crippen LogP contribution is -2.15. The van der Waals surface area contributed by atoms with E-state index in [1.54, 1.807) is 37.4 Å². The molecule has 0 bridgehead atoms. The maximum absolute atomic E-state index is 12.7. The Balaban J connectivity index is 1.42. The summed E-state index contributed by atoms with van der Waals surface area (Å²) < 4.78 is 12.2. The fourth-order valence-corrected chi connectivity index (χ4v) is 4.98. The van der Waals surface area contributed by atoms with E-state index < -0.39 is 11.9 Å². The van der Waals surface area contributed by atoms with E-state index in [-0.39, 0.29) is 18.2 Å². The number of furan rings is 1. The van der Waals surface area contributed by atoms with Gasteiger partial charge >= 0.3 is 5.97 Å². The van der Waals surface area contributed by atoms with Crippen LogP contribution in [0.25, 0.3) is 5.13 Å². The van der Waals surface area contributed by atoms with Gasteiger partial charge in [0.1, 0.15) is 4.88 Å². The van der Waals surface area contributed by atoms with Crippen molar-refractivity contribution in [2.45, 2.75) is 20.8 Å². The standard InChI is InChI=1S/C22H19N3O5S2/c1-12-9-18(24-20(27)17-5-4-7-29-17)32-19(12)21(28)30-11-16(26)15-10-13(2)25(14(15)3)22-23-6-8-31-22/h4-10H,11H2,1-3H3,(H,24,27). The van der Waals surface area contributed by atoms with Gasteiger partial charge in [-0.1, -0.05) is 0 Å². The van der Waals surface area contributed by atoms with Crippen LogP contribution in [0.15, 0.2) is 46.5 Å². The monoisotopic (exact) mass is 469 g/mol. The average Bonchev–Trinajstić information content (AvgIpc) is 3.54. The first kappa shape index (κ1) is 21.7. The molecule has 8 nitrogen and oxygen atoms in total. The number of hydrogen-bond acceptors (Lipinski definition) is 8. The van der Waals surface area contributed by atoms with E-state index in [1.165, 1.54) is 17.6 Å². The molecular weight excluding hydrogens is 450 g/mol. The summed E-state index contributed by atoms with van der Waals surface area (Å²) in [7, 11) is 0. The Morgan fingerprint density at radius 2 is 2.03 bits per heavy atom. The Labute approximate surface area is 191 Å². The molecule has 4 heterocycles. The molecule has 32 heavy (non-hydrogen) atoms. The maximum atomic E-state index is 12.7. The lowest BCUT2D eigenvalue weighted by Gasteiger charge is -2.06. The molecule has 1 N–H and O–H groups in total. The third-order valence-corrected chi connectivity index (χ3v) is 6.65. The highest BCUT2D eigenvalue weighted by atomic mass is 32.1. The Morgan fingerprint density at radius 3 is 2.72 bits per heavy atom. The largest absolute Gasteiger partial charge is 0.459 e. The summed E-state index contributed by atoms with van der Waals surface area (Å²) >= 11 is 2.55. The molecule has 0 unspecified atom stereocenters. The molecule has 1 amide bonds. The van der Waals surface area contributed by atoms with E-state index in [9.17, 15) is 14.4 Å². The van der Waals surface area contributed by atoms with Crippen molar-refractivity contribution in [3.8, 4) is 5.13 Å². The Morgan fingerprint density at radius 1 is 1.22 bits per heavy atom. The lowest BCUT2D eigenvalue weighted by atomic mass is 10.1. The zero-order chi connectivity index (χ0) is 22.8. The SMILES string of the molecule is Cc1cc(NC(=O)c2ccco2)sc1C(=O)OCC(=O)c1cc(C)n(-c2nccs2)c1C. The number of rotatable bonds is 7. The third kappa shape index (κ3) is 4.27. The average molecular weight is 470 g/mol. The van der Waals surface area contributed by atoms with Gasteiger partial charge in [0.15, 0.2) is 17.5 Å². The van der Waals surface area contributed by atoms with Crippen LogP contribution < -0.4 is 5.32 Å². The van der Waals surface area contributed by atoms with Crippen molar-refractivity contribution in [3.05, 3.63) is 75.3 Å². The molecule has 4 aromatic rings. The van der Waals surface area contributed by atoms with Crippen LogP contribution in [0.2, 0.25) is 0 Å². The molecule has 0 aliphatic rings. The molecule has 0 aromatic carbocycles. The smallest absolute Gasteiger partial charge is 0.349 e. The molecule has 4 aromatic heterocycles. The number of thiophene rings is 1.